The number of methoxy groups -OCH3 is 2. The van der Waals surface area contributed by atoms with Crippen LogP contribution in [0.15, 0.2) is 48.5 Å². The molecule has 3 rings (SSSR count). The average Bonchev–Trinajstić information content (AvgIpc) is 3.07. The van der Waals surface area contributed by atoms with Crippen LogP contribution in [0.5, 0.6) is 5.75 Å². The van der Waals surface area contributed by atoms with Gasteiger partial charge >= 0.3 is 5.97 Å². The number of hydrogen-bond donors (Lipinski definition) is 0. The summed E-state index contributed by atoms with van der Waals surface area (Å²) in [7, 11) is 3.03. The molecule has 1 aliphatic carbocycles. The van der Waals surface area contributed by atoms with Gasteiger partial charge in [-0.05, 0) is 59.4 Å². The number of fused-ring (bicyclic) bond motifs is 1. The van der Waals surface area contributed by atoms with Gasteiger partial charge in [0.1, 0.15) is 5.75 Å². The fraction of sp³-hybridized carbons (Fsp3) is 0.286. The fourth-order valence-electron chi connectivity index (χ4n) is 3.01. The van der Waals surface area contributed by atoms with E-state index in [0.29, 0.717) is 6.61 Å². The molecule has 4 nitrogen and oxygen atoms in total. The summed E-state index contributed by atoms with van der Waals surface area (Å²) in [6.07, 6.45) is 5.29. The Morgan fingerprint density at radius 1 is 1.16 bits per heavy atom. The predicted molar refractivity (Wildman–Crippen MR) is 96.3 cm³/mol. The summed E-state index contributed by atoms with van der Waals surface area (Å²) in [5.74, 6) is 0.491. The number of ether oxygens (including phenoxy) is 3. The van der Waals surface area contributed by atoms with Gasteiger partial charge in [-0.2, -0.15) is 0 Å². The summed E-state index contributed by atoms with van der Waals surface area (Å²) in [5.41, 5.74) is 4.62. The third-order valence-corrected chi connectivity index (χ3v) is 4.42. The Balaban J connectivity index is 1.67. The summed E-state index contributed by atoms with van der Waals surface area (Å²) < 4.78 is 15.9. The minimum Gasteiger partial charge on any atom is -0.497 e. The zero-order chi connectivity index (χ0) is 17.6. The summed E-state index contributed by atoms with van der Waals surface area (Å²) >= 11 is 0. The van der Waals surface area contributed by atoms with Crippen molar-refractivity contribution in [1.29, 1.82) is 0 Å². The number of benzene rings is 2. The normalized spacial score (nSPS) is 16.0. The van der Waals surface area contributed by atoms with Crippen molar-refractivity contribution >= 4 is 12.0 Å². The maximum absolute atomic E-state index is 11.2. The minimum absolute atomic E-state index is 0.0866. The first-order valence-electron chi connectivity index (χ1n) is 8.33. The van der Waals surface area contributed by atoms with E-state index < -0.39 is 0 Å². The Kier molecular flexibility index (Phi) is 5.51. The van der Waals surface area contributed by atoms with Crippen LogP contribution in [0.4, 0.5) is 0 Å². The molecule has 0 radical (unpaired) electrons. The van der Waals surface area contributed by atoms with Crippen LogP contribution in [0.3, 0.4) is 0 Å². The molecule has 1 aliphatic rings. The lowest BCUT2D eigenvalue weighted by Crippen LogP contribution is -2.01. The molecule has 0 aliphatic heterocycles. The van der Waals surface area contributed by atoms with Gasteiger partial charge in [0.2, 0.25) is 0 Å². The Hall–Kier alpha value is -2.59. The molecule has 0 saturated heterocycles. The highest BCUT2D eigenvalue weighted by Gasteiger charge is 2.23. The predicted octanol–water partition coefficient (Wildman–Crippen LogP) is 4.09. The minimum atomic E-state index is -0.354. The van der Waals surface area contributed by atoms with E-state index >= 15 is 0 Å². The highest BCUT2D eigenvalue weighted by molar-refractivity contribution is 5.86. The van der Waals surface area contributed by atoms with Crippen molar-refractivity contribution in [2.45, 2.75) is 25.6 Å². The van der Waals surface area contributed by atoms with Gasteiger partial charge in [0.05, 0.1) is 26.9 Å². The van der Waals surface area contributed by atoms with Crippen LogP contribution in [-0.4, -0.2) is 20.2 Å². The van der Waals surface area contributed by atoms with Crippen molar-refractivity contribution in [1.82, 2.24) is 0 Å². The first-order valence-corrected chi connectivity index (χ1v) is 8.33. The highest BCUT2D eigenvalue weighted by atomic mass is 16.5. The average molecular weight is 338 g/mol. The standard InChI is InChI=1S/C21H22O4/c1-23-18-9-4-16(5-10-18)14-25-20-11-8-17-7-3-15(13-19(17)20)6-12-21(22)24-2/h3-7,9-10,12-13,20H,8,11,14H2,1-2H3. The Labute approximate surface area is 148 Å². The number of esters is 1. The fourth-order valence-corrected chi connectivity index (χ4v) is 3.01. The molecule has 25 heavy (non-hydrogen) atoms. The molecule has 1 atom stereocenters. The quantitative estimate of drug-likeness (QED) is 0.588. The van der Waals surface area contributed by atoms with Crippen LogP contribution in [0.25, 0.3) is 6.08 Å². The molecule has 4 heteroatoms. The lowest BCUT2D eigenvalue weighted by atomic mass is 10.0. The third kappa shape index (κ3) is 4.28. The maximum atomic E-state index is 11.2. The van der Waals surface area contributed by atoms with Gasteiger partial charge < -0.3 is 14.2 Å². The van der Waals surface area contributed by atoms with Crippen molar-refractivity contribution in [3.05, 3.63) is 70.8 Å². The third-order valence-electron chi connectivity index (χ3n) is 4.42. The molecule has 0 bridgehead atoms. The lowest BCUT2D eigenvalue weighted by Gasteiger charge is -2.14. The van der Waals surface area contributed by atoms with E-state index in [1.807, 2.05) is 30.3 Å². The van der Waals surface area contributed by atoms with E-state index in [9.17, 15) is 4.79 Å². The molecule has 2 aromatic rings. The molecule has 0 heterocycles. The molecule has 0 saturated carbocycles. The van der Waals surface area contributed by atoms with Crippen LogP contribution in [0.2, 0.25) is 0 Å². The topological polar surface area (TPSA) is 44.8 Å². The zero-order valence-electron chi connectivity index (χ0n) is 14.5. The van der Waals surface area contributed by atoms with E-state index in [4.69, 9.17) is 9.47 Å². The van der Waals surface area contributed by atoms with Crippen molar-refractivity contribution < 1.29 is 19.0 Å². The van der Waals surface area contributed by atoms with Gasteiger partial charge in [-0.15, -0.1) is 0 Å². The summed E-state index contributed by atoms with van der Waals surface area (Å²) in [4.78, 5) is 11.2. The monoisotopic (exact) mass is 338 g/mol. The van der Waals surface area contributed by atoms with Crippen molar-refractivity contribution in [3.8, 4) is 5.75 Å². The summed E-state index contributed by atoms with van der Waals surface area (Å²) in [6, 6.07) is 14.1. The number of rotatable bonds is 6. The van der Waals surface area contributed by atoms with Gasteiger partial charge in [0, 0.05) is 6.08 Å². The van der Waals surface area contributed by atoms with Crippen LogP contribution in [0, 0.1) is 0 Å². The van der Waals surface area contributed by atoms with Gasteiger partial charge in [-0.3, -0.25) is 0 Å². The first kappa shape index (κ1) is 17.2. The molecule has 0 N–H and O–H groups in total. The molecule has 0 spiro atoms. The van der Waals surface area contributed by atoms with Crippen LogP contribution < -0.4 is 4.74 Å². The molecular formula is C21H22O4. The summed E-state index contributed by atoms with van der Waals surface area (Å²) in [6.45, 7) is 0.566. The SMILES string of the molecule is COC(=O)C=Cc1ccc2c(c1)C(OCc1ccc(OC)cc1)CC2. The van der Waals surface area contributed by atoms with Gasteiger partial charge in [-0.1, -0.05) is 24.3 Å². The van der Waals surface area contributed by atoms with Crippen LogP contribution in [-0.2, 0) is 27.3 Å². The second-order valence-corrected chi connectivity index (χ2v) is 6.00. The first-order chi connectivity index (χ1) is 12.2. The second-order valence-electron chi connectivity index (χ2n) is 6.00. The largest absolute Gasteiger partial charge is 0.497 e. The molecule has 2 aromatic carbocycles. The van der Waals surface area contributed by atoms with Crippen LogP contribution >= 0.6 is 0 Å². The van der Waals surface area contributed by atoms with Crippen LogP contribution in [0.1, 0.15) is 34.8 Å². The Morgan fingerprint density at radius 3 is 2.68 bits per heavy atom. The molecule has 1 unspecified atom stereocenters. The van der Waals surface area contributed by atoms with E-state index in [0.717, 1.165) is 29.7 Å². The van der Waals surface area contributed by atoms with E-state index in [1.54, 1.807) is 13.2 Å². The smallest absolute Gasteiger partial charge is 0.330 e. The number of aryl methyl sites for hydroxylation is 1. The van der Waals surface area contributed by atoms with Gasteiger partial charge in [-0.25, -0.2) is 4.79 Å². The zero-order valence-corrected chi connectivity index (χ0v) is 14.5. The molecule has 0 aromatic heterocycles. The molecular weight excluding hydrogens is 316 g/mol. The summed E-state index contributed by atoms with van der Waals surface area (Å²) in [5, 5.41) is 0. The van der Waals surface area contributed by atoms with E-state index in [1.165, 1.54) is 24.3 Å². The molecule has 130 valence electrons. The van der Waals surface area contributed by atoms with E-state index in [-0.39, 0.29) is 12.1 Å². The number of hydrogen-bond acceptors (Lipinski definition) is 4. The Morgan fingerprint density at radius 2 is 1.96 bits per heavy atom. The van der Waals surface area contributed by atoms with Gasteiger partial charge in [0.25, 0.3) is 0 Å². The molecule has 0 fully saturated rings. The van der Waals surface area contributed by atoms with Crippen molar-refractivity contribution in [2.75, 3.05) is 14.2 Å². The number of carbonyl (C=O) groups is 1. The second kappa shape index (κ2) is 7.99. The van der Waals surface area contributed by atoms with Gasteiger partial charge in [0.15, 0.2) is 0 Å². The maximum Gasteiger partial charge on any atom is 0.330 e. The number of carbonyl (C=O) groups excluding carboxylic acids is 1. The Bertz CT molecular complexity index is 762. The van der Waals surface area contributed by atoms with E-state index in [2.05, 4.69) is 16.9 Å². The highest BCUT2D eigenvalue weighted by Crippen LogP contribution is 2.35. The molecule has 0 amide bonds. The van der Waals surface area contributed by atoms with Crippen molar-refractivity contribution in [2.24, 2.45) is 0 Å². The lowest BCUT2D eigenvalue weighted by molar-refractivity contribution is -0.134. The van der Waals surface area contributed by atoms with Crippen molar-refractivity contribution in [3.63, 3.8) is 0 Å².